The van der Waals surface area contributed by atoms with Crippen molar-refractivity contribution in [3.05, 3.63) is 0 Å². The number of esters is 4. The Morgan fingerprint density at radius 1 is 0.275 bits per heavy atom. The van der Waals surface area contributed by atoms with E-state index in [1.165, 1.54) is 154 Å². The van der Waals surface area contributed by atoms with E-state index in [1.807, 2.05) is 0 Å². The standard InChI is InChI=1S/C72H140O17P2/c1-62(2)48-40-32-24-17-12-9-10-14-21-29-38-46-54-71(76)88-68(59-83-70(75)53-45-37-31-23-27-35-43-51-65(7)8)61-87-91(80,81)85-57-66(73)56-84-90(78,79)86-60-67(89-72(77)55-47-39-30-22-16-19-26-34-42-50-64(5)6)58-82-69(74)52-44-36-28-20-15-11-13-18-25-33-41-49-63(3)4/h62-68,73H,9-61H2,1-8H3,(H,78,79)(H,80,81)/t66?,67-,68-/m1/s1. The summed E-state index contributed by atoms with van der Waals surface area (Å²) in [5.74, 6) is 0.862. The minimum atomic E-state index is -4.95. The van der Waals surface area contributed by atoms with Crippen molar-refractivity contribution in [3.63, 3.8) is 0 Å². The first kappa shape index (κ1) is 89.1. The van der Waals surface area contributed by atoms with Crippen molar-refractivity contribution < 1.29 is 80.2 Å². The van der Waals surface area contributed by atoms with Crippen LogP contribution in [0.5, 0.6) is 0 Å². The van der Waals surface area contributed by atoms with Crippen LogP contribution in [0.25, 0.3) is 0 Å². The fourth-order valence-electron chi connectivity index (χ4n) is 10.8. The lowest BCUT2D eigenvalue weighted by Gasteiger charge is -2.21. The quantitative estimate of drug-likeness (QED) is 0.0222. The Morgan fingerprint density at radius 2 is 0.462 bits per heavy atom. The molecule has 0 saturated heterocycles. The van der Waals surface area contributed by atoms with Gasteiger partial charge in [0.2, 0.25) is 0 Å². The zero-order valence-corrected chi connectivity index (χ0v) is 61.3. The van der Waals surface area contributed by atoms with E-state index in [0.717, 1.165) is 114 Å². The first-order valence-electron chi connectivity index (χ1n) is 37.2. The average molecular weight is 1340 g/mol. The Bertz CT molecular complexity index is 1800. The highest BCUT2D eigenvalue weighted by Gasteiger charge is 2.30. The molecule has 17 nitrogen and oxygen atoms in total. The molecule has 0 amide bonds. The van der Waals surface area contributed by atoms with Crippen molar-refractivity contribution in [2.45, 2.75) is 375 Å². The highest BCUT2D eigenvalue weighted by molar-refractivity contribution is 7.47. The maximum Gasteiger partial charge on any atom is 0.472 e. The summed E-state index contributed by atoms with van der Waals surface area (Å²) in [7, 11) is -9.91. The highest BCUT2D eigenvalue weighted by atomic mass is 31.2. The number of rotatable bonds is 69. The molecule has 0 bridgehead atoms. The molecule has 0 saturated carbocycles. The molecule has 540 valence electrons. The molecule has 0 radical (unpaired) electrons. The Balaban J connectivity index is 5.25. The van der Waals surface area contributed by atoms with Crippen LogP contribution in [-0.2, 0) is 65.4 Å². The SMILES string of the molecule is CC(C)CCCCCCCCCCCCCCC(=O)O[C@H](COC(=O)CCCCCCCCCC(C)C)COP(=O)(O)OCC(O)COP(=O)(O)OC[C@@H](COC(=O)CCCCCCCCCCCCCC(C)C)OC(=O)CCCCCCCCCCCC(C)C. The molecule has 0 aromatic rings. The second-order valence-electron chi connectivity index (χ2n) is 27.9. The van der Waals surface area contributed by atoms with Gasteiger partial charge in [-0.15, -0.1) is 0 Å². The number of carbonyl (C=O) groups excluding carboxylic acids is 4. The molecule has 0 aromatic carbocycles. The zero-order valence-electron chi connectivity index (χ0n) is 59.5. The number of phosphoric ester groups is 2. The van der Waals surface area contributed by atoms with Crippen LogP contribution < -0.4 is 0 Å². The second kappa shape index (κ2) is 61.6. The van der Waals surface area contributed by atoms with Crippen LogP contribution >= 0.6 is 15.6 Å². The van der Waals surface area contributed by atoms with Gasteiger partial charge >= 0.3 is 39.5 Å². The molecule has 0 spiro atoms. The van der Waals surface area contributed by atoms with Crippen LogP contribution in [0.1, 0.15) is 357 Å². The molecule has 0 aliphatic rings. The van der Waals surface area contributed by atoms with Gasteiger partial charge in [-0.2, -0.15) is 0 Å². The molecule has 0 aliphatic heterocycles. The van der Waals surface area contributed by atoms with Crippen molar-refractivity contribution in [2.75, 3.05) is 39.6 Å². The summed E-state index contributed by atoms with van der Waals surface area (Å²) in [6.45, 7) is 14.1. The molecule has 3 unspecified atom stereocenters. The maximum atomic E-state index is 13.0. The van der Waals surface area contributed by atoms with Gasteiger partial charge in [0.15, 0.2) is 12.2 Å². The van der Waals surface area contributed by atoms with Crippen LogP contribution in [0.3, 0.4) is 0 Å². The van der Waals surface area contributed by atoms with Gasteiger partial charge in [0, 0.05) is 25.7 Å². The van der Waals surface area contributed by atoms with E-state index in [-0.39, 0.29) is 25.7 Å². The monoisotopic (exact) mass is 1340 g/mol. The minimum Gasteiger partial charge on any atom is -0.462 e. The van der Waals surface area contributed by atoms with E-state index in [1.54, 1.807) is 0 Å². The van der Waals surface area contributed by atoms with Gasteiger partial charge in [-0.05, 0) is 49.4 Å². The van der Waals surface area contributed by atoms with Crippen molar-refractivity contribution in [2.24, 2.45) is 23.7 Å². The van der Waals surface area contributed by atoms with Gasteiger partial charge < -0.3 is 33.8 Å². The number of phosphoric acid groups is 2. The van der Waals surface area contributed by atoms with Crippen molar-refractivity contribution in [1.29, 1.82) is 0 Å². The molecule has 0 aromatic heterocycles. The average Bonchev–Trinajstić information content (AvgIpc) is 3.39. The summed E-state index contributed by atoms with van der Waals surface area (Å²) in [5, 5.41) is 10.6. The number of hydrogen-bond donors (Lipinski definition) is 3. The summed E-state index contributed by atoms with van der Waals surface area (Å²) in [6, 6.07) is 0. The minimum absolute atomic E-state index is 0.105. The number of carbonyl (C=O) groups is 4. The molecule has 5 atom stereocenters. The van der Waals surface area contributed by atoms with Gasteiger partial charge in [-0.3, -0.25) is 37.3 Å². The summed E-state index contributed by atoms with van der Waals surface area (Å²) in [5.41, 5.74) is 0. The fraction of sp³-hybridized carbons (Fsp3) is 0.944. The number of hydrogen-bond acceptors (Lipinski definition) is 15. The lowest BCUT2D eigenvalue weighted by molar-refractivity contribution is -0.161. The van der Waals surface area contributed by atoms with Gasteiger partial charge in [0.1, 0.15) is 19.3 Å². The summed E-state index contributed by atoms with van der Waals surface area (Å²) >= 11 is 0. The van der Waals surface area contributed by atoms with Gasteiger partial charge in [-0.1, -0.05) is 306 Å². The smallest absolute Gasteiger partial charge is 0.462 e. The number of ether oxygens (including phenoxy) is 4. The Hall–Kier alpha value is -1.94. The number of aliphatic hydroxyl groups excluding tert-OH is 1. The molecule has 0 heterocycles. The number of aliphatic hydroxyl groups is 1. The van der Waals surface area contributed by atoms with Crippen LogP contribution in [0.15, 0.2) is 0 Å². The van der Waals surface area contributed by atoms with Crippen molar-refractivity contribution in [1.82, 2.24) is 0 Å². The Morgan fingerprint density at radius 3 is 0.681 bits per heavy atom. The van der Waals surface area contributed by atoms with Crippen molar-refractivity contribution >= 4 is 39.5 Å². The van der Waals surface area contributed by atoms with Gasteiger partial charge in [0.25, 0.3) is 0 Å². The summed E-state index contributed by atoms with van der Waals surface area (Å²) in [6.07, 6.45) is 44.5. The number of unbranched alkanes of at least 4 members (excludes halogenated alkanes) is 35. The third-order valence-corrected chi connectivity index (χ3v) is 18.5. The highest BCUT2D eigenvalue weighted by Crippen LogP contribution is 2.45. The fourth-order valence-corrected chi connectivity index (χ4v) is 12.4. The van der Waals surface area contributed by atoms with E-state index in [0.29, 0.717) is 31.6 Å². The Kier molecular flexibility index (Phi) is 60.3. The van der Waals surface area contributed by atoms with Gasteiger partial charge in [-0.25, -0.2) is 9.13 Å². The molecule has 3 N–H and O–H groups in total. The summed E-state index contributed by atoms with van der Waals surface area (Å²) in [4.78, 5) is 72.6. The topological polar surface area (TPSA) is 237 Å². The van der Waals surface area contributed by atoms with Crippen LogP contribution in [0.2, 0.25) is 0 Å². The molecule has 0 fully saturated rings. The largest absolute Gasteiger partial charge is 0.472 e. The first-order chi connectivity index (χ1) is 43.6. The molecule has 19 heteroatoms. The van der Waals surface area contributed by atoms with E-state index < -0.39 is 97.5 Å². The van der Waals surface area contributed by atoms with Crippen LogP contribution in [0, 0.1) is 23.7 Å². The van der Waals surface area contributed by atoms with E-state index >= 15 is 0 Å². The molecular weight excluding hydrogens is 1200 g/mol. The maximum absolute atomic E-state index is 13.0. The lowest BCUT2D eigenvalue weighted by atomic mass is 10.0. The van der Waals surface area contributed by atoms with Gasteiger partial charge in [0.05, 0.1) is 26.4 Å². The second-order valence-corrected chi connectivity index (χ2v) is 30.8. The van der Waals surface area contributed by atoms with Crippen molar-refractivity contribution in [3.8, 4) is 0 Å². The van der Waals surface area contributed by atoms with E-state index in [9.17, 15) is 43.2 Å². The molecule has 0 rings (SSSR count). The normalized spacial score (nSPS) is 14.2. The molecule has 0 aliphatic carbocycles. The lowest BCUT2D eigenvalue weighted by Crippen LogP contribution is -2.30. The zero-order chi connectivity index (χ0) is 67.5. The van der Waals surface area contributed by atoms with E-state index in [2.05, 4.69) is 55.4 Å². The third kappa shape index (κ3) is 66.5. The first-order valence-corrected chi connectivity index (χ1v) is 40.2. The summed E-state index contributed by atoms with van der Waals surface area (Å²) < 4.78 is 68.4. The van der Waals surface area contributed by atoms with E-state index in [4.69, 9.17) is 37.0 Å². The van der Waals surface area contributed by atoms with Crippen LogP contribution in [-0.4, -0.2) is 96.7 Å². The predicted octanol–water partition coefficient (Wildman–Crippen LogP) is 20.5. The third-order valence-electron chi connectivity index (χ3n) is 16.6. The predicted molar refractivity (Wildman–Crippen MR) is 367 cm³/mol. The van der Waals surface area contributed by atoms with Crippen LogP contribution in [0.4, 0.5) is 0 Å². The molecule has 91 heavy (non-hydrogen) atoms. The molecular formula is C72H140O17P2. The Labute approximate surface area is 556 Å².